The third-order valence-corrected chi connectivity index (χ3v) is 7.07. The van der Waals surface area contributed by atoms with E-state index in [0.29, 0.717) is 11.7 Å². The molecule has 1 amide bonds. The van der Waals surface area contributed by atoms with Crippen LogP contribution in [0, 0.1) is 11.7 Å². The van der Waals surface area contributed by atoms with Gasteiger partial charge in [-0.15, -0.1) is 0 Å². The molecule has 0 bridgehead atoms. The summed E-state index contributed by atoms with van der Waals surface area (Å²) < 4.78 is 42.9. The van der Waals surface area contributed by atoms with E-state index in [1.807, 2.05) is 0 Å². The van der Waals surface area contributed by atoms with Crippen molar-refractivity contribution in [2.45, 2.75) is 57.2 Å². The summed E-state index contributed by atoms with van der Waals surface area (Å²) in [5.41, 5.74) is 0. The molecule has 1 fully saturated rings. The normalized spacial score (nSPS) is 21.8. The summed E-state index contributed by atoms with van der Waals surface area (Å²) in [4.78, 5) is 12.3. The highest BCUT2D eigenvalue weighted by Gasteiger charge is 2.30. The lowest BCUT2D eigenvalue weighted by Crippen LogP contribution is -2.45. The van der Waals surface area contributed by atoms with Crippen molar-refractivity contribution in [3.05, 3.63) is 30.1 Å². The third kappa shape index (κ3) is 6.27. The number of hydrogen-bond donors (Lipinski definition) is 1. The predicted molar refractivity (Wildman–Crippen MR) is 99.3 cm³/mol. The van der Waals surface area contributed by atoms with Crippen molar-refractivity contribution in [2.75, 3.05) is 12.4 Å². The van der Waals surface area contributed by atoms with E-state index in [9.17, 15) is 17.6 Å². The predicted octanol–water partition coefficient (Wildman–Crippen LogP) is 3.09. The smallest absolute Gasteiger partial charge is 0.238 e. The lowest BCUT2D eigenvalue weighted by Gasteiger charge is -2.27. The van der Waals surface area contributed by atoms with Crippen LogP contribution in [0.25, 0.3) is 0 Å². The lowest BCUT2D eigenvalue weighted by molar-refractivity contribution is -0.121. The molecule has 1 aliphatic rings. The Morgan fingerprint density at radius 1 is 1.23 bits per heavy atom. The highest BCUT2D eigenvalue weighted by molar-refractivity contribution is 7.92. The Bertz CT molecular complexity index is 682. The average molecular weight is 386 g/mol. The number of rotatable bonds is 8. The molecule has 1 atom stereocenters. The van der Waals surface area contributed by atoms with Crippen molar-refractivity contribution in [3.63, 3.8) is 0 Å². The van der Waals surface area contributed by atoms with Crippen LogP contribution < -0.4 is 10.1 Å². The van der Waals surface area contributed by atoms with Crippen molar-refractivity contribution in [3.8, 4) is 5.75 Å². The highest BCUT2D eigenvalue weighted by Crippen LogP contribution is 2.23. The number of benzene rings is 1. The first kappa shape index (κ1) is 20.7. The fraction of sp³-hybridized carbons (Fsp3) is 0.632. The van der Waals surface area contributed by atoms with Crippen molar-refractivity contribution in [1.29, 1.82) is 0 Å². The van der Waals surface area contributed by atoms with Gasteiger partial charge in [0, 0.05) is 6.04 Å². The van der Waals surface area contributed by atoms with E-state index in [1.54, 1.807) is 0 Å². The van der Waals surface area contributed by atoms with Crippen LogP contribution in [0.5, 0.6) is 5.75 Å². The first-order valence-electron chi connectivity index (χ1n) is 9.18. The van der Waals surface area contributed by atoms with Gasteiger partial charge in [0.1, 0.15) is 16.8 Å². The van der Waals surface area contributed by atoms with E-state index in [0.717, 1.165) is 25.7 Å². The zero-order valence-corrected chi connectivity index (χ0v) is 16.2. The number of ether oxygens (including phenoxy) is 1. The van der Waals surface area contributed by atoms with E-state index >= 15 is 0 Å². The Balaban J connectivity index is 1.74. The maximum absolute atomic E-state index is 12.8. The molecule has 146 valence electrons. The Morgan fingerprint density at radius 3 is 2.46 bits per heavy atom. The molecule has 1 saturated carbocycles. The van der Waals surface area contributed by atoms with Crippen LogP contribution in [0.2, 0.25) is 0 Å². The highest BCUT2D eigenvalue weighted by atomic mass is 32.2. The number of nitrogens with one attached hydrogen (secondary N) is 1. The van der Waals surface area contributed by atoms with Crippen LogP contribution in [0.3, 0.4) is 0 Å². The van der Waals surface area contributed by atoms with Crippen LogP contribution in [0.15, 0.2) is 24.3 Å². The Hall–Kier alpha value is -1.63. The first-order valence-corrected chi connectivity index (χ1v) is 10.9. The van der Waals surface area contributed by atoms with Gasteiger partial charge >= 0.3 is 0 Å². The molecule has 1 aromatic carbocycles. The minimum Gasteiger partial charge on any atom is -0.494 e. The second-order valence-corrected chi connectivity index (χ2v) is 9.57. The van der Waals surface area contributed by atoms with Gasteiger partial charge in [-0.3, -0.25) is 4.79 Å². The van der Waals surface area contributed by atoms with Crippen LogP contribution in [-0.2, 0) is 14.6 Å². The number of halogens is 1. The van der Waals surface area contributed by atoms with Crippen molar-refractivity contribution in [1.82, 2.24) is 5.32 Å². The lowest BCUT2D eigenvalue weighted by atomic mass is 9.87. The fourth-order valence-corrected chi connectivity index (χ4v) is 4.31. The van der Waals surface area contributed by atoms with Crippen molar-refractivity contribution < 1.29 is 22.3 Å². The molecule has 1 aliphatic carbocycles. The summed E-state index contributed by atoms with van der Waals surface area (Å²) >= 11 is 0. The van der Waals surface area contributed by atoms with Crippen molar-refractivity contribution >= 4 is 15.7 Å². The largest absolute Gasteiger partial charge is 0.494 e. The molecule has 0 radical (unpaired) electrons. The van der Waals surface area contributed by atoms with Gasteiger partial charge in [0.05, 0.1) is 12.4 Å². The zero-order chi connectivity index (χ0) is 19.2. The second kappa shape index (κ2) is 9.35. The van der Waals surface area contributed by atoms with Gasteiger partial charge in [0.2, 0.25) is 5.91 Å². The van der Waals surface area contributed by atoms with Gasteiger partial charge in [0.15, 0.2) is 9.84 Å². The molecule has 0 aromatic heterocycles. The Labute approximate surface area is 155 Å². The van der Waals surface area contributed by atoms with E-state index in [1.165, 1.54) is 31.2 Å². The molecular weight excluding hydrogens is 357 g/mol. The van der Waals surface area contributed by atoms with Crippen molar-refractivity contribution in [2.24, 2.45) is 5.92 Å². The topological polar surface area (TPSA) is 72.5 Å². The van der Waals surface area contributed by atoms with Crippen LogP contribution >= 0.6 is 0 Å². The van der Waals surface area contributed by atoms with Gasteiger partial charge in [-0.2, -0.15) is 0 Å². The molecule has 1 aromatic rings. The molecule has 0 heterocycles. The molecule has 5 nitrogen and oxygen atoms in total. The summed E-state index contributed by atoms with van der Waals surface area (Å²) in [6.45, 7) is 3.83. The van der Waals surface area contributed by atoms with Gasteiger partial charge < -0.3 is 10.1 Å². The quantitative estimate of drug-likeness (QED) is 0.698. The second-order valence-electron chi connectivity index (χ2n) is 7.13. The SMILES string of the molecule is CC1CCC(NC(=O)C(C)S(=O)(=O)CCCOc2ccc(F)cc2)CC1. The molecule has 2 rings (SSSR count). The van der Waals surface area contributed by atoms with E-state index < -0.39 is 21.0 Å². The minimum absolute atomic E-state index is 0.0816. The van der Waals surface area contributed by atoms with Gasteiger partial charge in [0.25, 0.3) is 0 Å². The molecule has 7 heteroatoms. The minimum atomic E-state index is -3.53. The standard InChI is InChI=1S/C19H28FNO4S/c1-14-4-8-17(9-5-14)21-19(22)15(2)26(23,24)13-3-12-25-18-10-6-16(20)7-11-18/h6-7,10-11,14-15,17H,3-5,8-9,12-13H2,1-2H3,(H,21,22). The van der Waals surface area contributed by atoms with Crippen LogP contribution in [-0.4, -0.2) is 38.0 Å². The van der Waals surface area contributed by atoms with Crippen LogP contribution in [0.4, 0.5) is 4.39 Å². The van der Waals surface area contributed by atoms with Gasteiger partial charge in [-0.05, 0) is 69.2 Å². The summed E-state index contributed by atoms with van der Waals surface area (Å²) in [6, 6.07) is 5.63. The van der Waals surface area contributed by atoms with E-state index in [2.05, 4.69) is 12.2 Å². The summed E-state index contributed by atoms with van der Waals surface area (Å²) in [7, 11) is -3.53. The monoisotopic (exact) mass is 385 g/mol. The molecule has 1 N–H and O–H groups in total. The van der Waals surface area contributed by atoms with Gasteiger partial charge in [-0.25, -0.2) is 12.8 Å². The molecule has 1 unspecified atom stereocenters. The molecule has 0 aliphatic heterocycles. The maximum Gasteiger partial charge on any atom is 0.238 e. The summed E-state index contributed by atoms with van der Waals surface area (Å²) in [5, 5.41) is 1.82. The number of carbonyl (C=O) groups is 1. The zero-order valence-electron chi connectivity index (χ0n) is 15.4. The van der Waals surface area contributed by atoms with E-state index in [4.69, 9.17) is 4.74 Å². The number of carbonyl (C=O) groups excluding carboxylic acids is 1. The molecule has 0 spiro atoms. The Morgan fingerprint density at radius 2 is 1.85 bits per heavy atom. The first-order chi connectivity index (χ1) is 12.3. The number of amides is 1. The number of hydrogen-bond acceptors (Lipinski definition) is 4. The third-order valence-electron chi connectivity index (χ3n) is 4.93. The molecule has 0 saturated heterocycles. The molecular formula is C19H28FNO4S. The van der Waals surface area contributed by atoms with Crippen LogP contribution in [0.1, 0.15) is 46.0 Å². The maximum atomic E-state index is 12.8. The number of sulfone groups is 1. The summed E-state index contributed by atoms with van der Waals surface area (Å²) in [6.07, 6.45) is 4.22. The fourth-order valence-electron chi connectivity index (χ4n) is 3.04. The Kier molecular flexibility index (Phi) is 7.43. The van der Waals surface area contributed by atoms with Gasteiger partial charge in [-0.1, -0.05) is 6.92 Å². The summed E-state index contributed by atoms with van der Waals surface area (Å²) in [5.74, 6) is 0.271. The average Bonchev–Trinajstić information content (AvgIpc) is 2.61. The van der Waals surface area contributed by atoms with E-state index in [-0.39, 0.29) is 30.6 Å². The molecule has 26 heavy (non-hydrogen) atoms.